The lowest BCUT2D eigenvalue weighted by molar-refractivity contribution is -0.120. The van der Waals surface area contributed by atoms with Crippen LogP contribution in [0.5, 0.6) is 0 Å². The number of nitrogens with one attached hydrogen (secondary N) is 1. The average Bonchev–Trinajstić information content (AvgIpc) is 3.25. The van der Waals surface area contributed by atoms with Crippen molar-refractivity contribution in [2.75, 3.05) is 6.54 Å². The van der Waals surface area contributed by atoms with E-state index in [2.05, 4.69) is 26.6 Å². The van der Waals surface area contributed by atoms with Crippen molar-refractivity contribution in [1.82, 2.24) is 25.1 Å². The Morgan fingerprint density at radius 1 is 1.21 bits per heavy atom. The van der Waals surface area contributed by atoms with E-state index >= 15 is 0 Å². The molecule has 0 spiro atoms. The van der Waals surface area contributed by atoms with E-state index < -0.39 is 0 Å². The molecule has 0 saturated heterocycles. The molecular formula is C25H28ClN5OS. The van der Waals surface area contributed by atoms with Crippen LogP contribution in [0.15, 0.2) is 59.5 Å². The van der Waals surface area contributed by atoms with E-state index in [4.69, 9.17) is 11.6 Å². The molecule has 33 heavy (non-hydrogen) atoms. The lowest BCUT2D eigenvalue weighted by Crippen LogP contribution is -2.32. The predicted molar refractivity (Wildman–Crippen MR) is 134 cm³/mol. The fourth-order valence-corrected chi connectivity index (χ4v) is 4.98. The van der Waals surface area contributed by atoms with Gasteiger partial charge in [0.2, 0.25) is 5.91 Å². The van der Waals surface area contributed by atoms with E-state index in [9.17, 15) is 4.79 Å². The summed E-state index contributed by atoms with van der Waals surface area (Å²) >= 11 is 7.81. The van der Waals surface area contributed by atoms with Gasteiger partial charge in [-0.2, -0.15) is 0 Å². The average molecular weight is 482 g/mol. The molecule has 1 aliphatic rings. The van der Waals surface area contributed by atoms with Crippen LogP contribution in [0, 0.1) is 6.92 Å². The topological polar surface area (TPSA) is 72.7 Å². The molecular weight excluding hydrogens is 454 g/mol. The van der Waals surface area contributed by atoms with Crippen LogP contribution in [-0.2, 0) is 4.79 Å². The van der Waals surface area contributed by atoms with Crippen molar-refractivity contribution in [3.63, 3.8) is 0 Å². The number of hydrogen-bond acceptors (Lipinski definition) is 5. The molecule has 0 fully saturated rings. The summed E-state index contributed by atoms with van der Waals surface area (Å²) in [5, 5.41) is 13.0. The van der Waals surface area contributed by atoms with Gasteiger partial charge in [-0.1, -0.05) is 41.1 Å². The first-order valence-corrected chi connectivity index (χ1v) is 12.5. The first-order chi connectivity index (χ1) is 16.0. The number of rotatable bonds is 8. The molecule has 1 aliphatic carbocycles. The van der Waals surface area contributed by atoms with Crippen LogP contribution in [-0.4, -0.2) is 37.5 Å². The third-order valence-electron chi connectivity index (χ3n) is 5.83. The van der Waals surface area contributed by atoms with Crippen LogP contribution in [0.25, 0.3) is 17.1 Å². The molecule has 0 unspecified atom stereocenters. The van der Waals surface area contributed by atoms with E-state index in [1.54, 1.807) is 12.4 Å². The molecule has 1 N–H and O–H groups in total. The van der Waals surface area contributed by atoms with Gasteiger partial charge in [-0.05, 0) is 75.8 Å². The minimum atomic E-state index is -0.321. The summed E-state index contributed by atoms with van der Waals surface area (Å²) in [5.41, 5.74) is 4.16. The number of pyridine rings is 1. The van der Waals surface area contributed by atoms with Gasteiger partial charge >= 0.3 is 0 Å². The highest BCUT2D eigenvalue weighted by molar-refractivity contribution is 8.00. The summed E-state index contributed by atoms with van der Waals surface area (Å²) in [4.78, 5) is 16.9. The van der Waals surface area contributed by atoms with Crippen LogP contribution < -0.4 is 5.32 Å². The monoisotopic (exact) mass is 481 g/mol. The van der Waals surface area contributed by atoms with Gasteiger partial charge in [0, 0.05) is 29.5 Å². The van der Waals surface area contributed by atoms with Crippen molar-refractivity contribution < 1.29 is 4.79 Å². The minimum Gasteiger partial charge on any atom is -0.355 e. The summed E-state index contributed by atoms with van der Waals surface area (Å²) in [6, 6.07) is 9.55. The maximum Gasteiger partial charge on any atom is 0.233 e. The van der Waals surface area contributed by atoms with E-state index in [0.717, 1.165) is 36.1 Å². The largest absolute Gasteiger partial charge is 0.355 e. The smallest absolute Gasteiger partial charge is 0.233 e. The molecule has 6 nitrogen and oxygen atoms in total. The van der Waals surface area contributed by atoms with Crippen molar-refractivity contribution in [1.29, 1.82) is 0 Å². The van der Waals surface area contributed by atoms with Crippen molar-refractivity contribution >= 4 is 29.3 Å². The molecule has 1 amide bonds. The van der Waals surface area contributed by atoms with Gasteiger partial charge in [0.05, 0.1) is 10.9 Å². The van der Waals surface area contributed by atoms with Crippen LogP contribution in [0.4, 0.5) is 0 Å². The maximum absolute atomic E-state index is 12.8. The van der Waals surface area contributed by atoms with E-state index in [0.29, 0.717) is 22.5 Å². The Kier molecular flexibility index (Phi) is 7.83. The quantitative estimate of drug-likeness (QED) is 0.326. The van der Waals surface area contributed by atoms with Crippen molar-refractivity contribution in [2.24, 2.45) is 0 Å². The van der Waals surface area contributed by atoms with Gasteiger partial charge in [-0.15, -0.1) is 10.2 Å². The van der Waals surface area contributed by atoms with Crippen molar-refractivity contribution in [3.05, 3.63) is 65.0 Å². The Morgan fingerprint density at radius 2 is 2.03 bits per heavy atom. The molecule has 2 aromatic heterocycles. The SMILES string of the molecule is Cc1c(Cl)cccc1-n1c(S[C@H](C)C(=O)NCCC2=CCCCC2)nnc1-c1ccncc1. The maximum atomic E-state index is 12.8. The standard InChI is InChI=1S/C25H28ClN5OS/c1-17-21(26)9-6-10-22(17)31-23(20-12-14-27-15-13-20)29-30-25(31)33-18(2)24(32)28-16-11-19-7-4-3-5-8-19/h6-7,9-10,12-15,18H,3-5,8,11,16H2,1-2H3,(H,28,32)/t18-/m1/s1. The number of hydrogen-bond donors (Lipinski definition) is 1. The second-order valence-electron chi connectivity index (χ2n) is 8.17. The zero-order chi connectivity index (χ0) is 23.2. The number of carbonyl (C=O) groups excluding carboxylic acids is 1. The number of nitrogens with zero attached hydrogens (tertiary/aromatic N) is 4. The van der Waals surface area contributed by atoms with Gasteiger partial charge in [-0.3, -0.25) is 14.3 Å². The number of carbonyl (C=O) groups is 1. The fourth-order valence-electron chi connectivity index (χ4n) is 3.92. The van der Waals surface area contributed by atoms with Gasteiger partial charge in [0.1, 0.15) is 0 Å². The summed E-state index contributed by atoms with van der Waals surface area (Å²) in [5.74, 6) is 0.682. The minimum absolute atomic E-state index is 0.000707. The Bertz CT molecular complexity index is 1140. The first kappa shape index (κ1) is 23.5. The Labute approximate surface area is 203 Å². The molecule has 0 saturated carbocycles. The van der Waals surface area contributed by atoms with Crippen molar-refractivity contribution in [3.8, 4) is 17.1 Å². The van der Waals surface area contributed by atoms with E-state index in [1.165, 1.54) is 30.2 Å². The highest BCUT2D eigenvalue weighted by Crippen LogP contribution is 2.33. The lowest BCUT2D eigenvalue weighted by atomic mass is 9.97. The Morgan fingerprint density at radius 3 is 2.79 bits per heavy atom. The third kappa shape index (κ3) is 5.65. The second-order valence-corrected chi connectivity index (χ2v) is 9.89. The molecule has 0 bridgehead atoms. The third-order valence-corrected chi connectivity index (χ3v) is 7.29. The summed E-state index contributed by atoms with van der Waals surface area (Å²) in [6.45, 7) is 4.53. The number of aromatic nitrogens is 4. The number of halogens is 1. The van der Waals surface area contributed by atoms with Crippen LogP contribution in [0.1, 0.15) is 44.6 Å². The molecule has 0 radical (unpaired) electrons. The summed E-state index contributed by atoms with van der Waals surface area (Å²) in [6.07, 6.45) is 11.5. The molecule has 8 heteroatoms. The molecule has 1 atom stereocenters. The zero-order valence-corrected chi connectivity index (χ0v) is 20.5. The van der Waals surface area contributed by atoms with Crippen LogP contribution in [0.2, 0.25) is 5.02 Å². The number of allylic oxidation sites excluding steroid dienone is 1. The number of benzene rings is 1. The summed E-state index contributed by atoms with van der Waals surface area (Å²) < 4.78 is 1.97. The molecule has 1 aromatic carbocycles. The van der Waals surface area contributed by atoms with Gasteiger partial charge < -0.3 is 5.32 Å². The Hall–Kier alpha value is -2.64. The normalized spacial score (nSPS) is 14.6. The van der Waals surface area contributed by atoms with E-state index in [-0.39, 0.29) is 11.2 Å². The second kappa shape index (κ2) is 11.0. The van der Waals surface area contributed by atoms with Crippen LogP contribution in [0.3, 0.4) is 0 Å². The number of thioether (sulfide) groups is 1. The fraction of sp³-hybridized carbons (Fsp3) is 0.360. The van der Waals surface area contributed by atoms with Gasteiger partial charge in [-0.25, -0.2) is 0 Å². The van der Waals surface area contributed by atoms with Gasteiger partial charge in [0.15, 0.2) is 11.0 Å². The first-order valence-electron chi connectivity index (χ1n) is 11.3. The molecule has 172 valence electrons. The lowest BCUT2D eigenvalue weighted by Gasteiger charge is -2.16. The molecule has 4 rings (SSSR count). The predicted octanol–water partition coefficient (Wildman–Crippen LogP) is 5.78. The van der Waals surface area contributed by atoms with Crippen molar-refractivity contribution in [2.45, 2.75) is 56.4 Å². The molecule has 0 aliphatic heterocycles. The number of amides is 1. The Balaban J connectivity index is 1.54. The summed E-state index contributed by atoms with van der Waals surface area (Å²) in [7, 11) is 0. The zero-order valence-electron chi connectivity index (χ0n) is 18.9. The van der Waals surface area contributed by atoms with Crippen LogP contribution >= 0.6 is 23.4 Å². The molecule has 3 aromatic rings. The molecule has 2 heterocycles. The highest BCUT2D eigenvalue weighted by Gasteiger charge is 2.23. The van der Waals surface area contributed by atoms with Gasteiger partial charge in [0.25, 0.3) is 0 Å². The van der Waals surface area contributed by atoms with E-state index in [1.807, 2.05) is 48.7 Å². The highest BCUT2D eigenvalue weighted by atomic mass is 35.5.